The molecule has 0 unspecified atom stereocenters. The minimum Gasteiger partial charge on any atom is -0.493 e. The molecular formula is C25H28N3O5P. The number of phosphoric acid groups is 1. The van der Waals surface area contributed by atoms with Crippen LogP contribution in [-0.2, 0) is 21.9 Å². The van der Waals surface area contributed by atoms with Crippen molar-refractivity contribution < 1.29 is 23.6 Å². The number of anilines is 1. The third-order valence-corrected chi connectivity index (χ3v) is 6.20. The average Bonchev–Trinajstić information content (AvgIpc) is 2.77. The number of nitrogens with zero attached hydrogens (tertiary/aromatic N) is 2. The van der Waals surface area contributed by atoms with E-state index >= 15 is 0 Å². The van der Waals surface area contributed by atoms with E-state index in [1.807, 2.05) is 44.3 Å². The number of hydrogen-bond donors (Lipinski definition) is 3. The Morgan fingerprint density at radius 1 is 1.00 bits per heavy atom. The maximum Gasteiger partial charge on any atom is 0.469 e. The molecule has 0 aliphatic rings. The molecule has 8 nitrogen and oxygen atoms in total. The second-order valence-electron chi connectivity index (χ2n) is 8.37. The van der Waals surface area contributed by atoms with Gasteiger partial charge in [-0.05, 0) is 73.2 Å². The summed E-state index contributed by atoms with van der Waals surface area (Å²) in [6.07, 6.45) is 3.94. The number of phosphoric ester groups is 1. The lowest BCUT2D eigenvalue weighted by Crippen LogP contribution is -2.03. The molecule has 0 radical (unpaired) electrons. The smallest absolute Gasteiger partial charge is 0.469 e. The number of nitrogens with two attached hydrogens (primary N) is 1. The lowest BCUT2D eigenvalue weighted by Gasteiger charge is -2.12. The molecule has 2 aromatic heterocycles. The number of fused-ring (bicyclic) bond motifs is 3. The fourth-order valence-electron chi connectivity index (χ4n) is 3.95. The number of rotatable bonds is 9. The summed E-state index contributed by atoms with van der Waals surface area (Å²) in [4.78, 5) is 26.5. The molecule has 0 aliphatic heterocycles. The maximum atomic E-state index is 10.7. The Bertz CT molecular complexity index is 1390. The molecule has 2 aromatic carbocycles. The van der Waals surface area contributed by atoms with Crippen LogP contribution in [0.4, 0.5) is 5.82 Å². The topological polar surface area (TPSA) is 128 Å². The molecule has 4 aromatic rings. The highest BCUT2D eigenvalue weighted by Gasteiger charge is 2.13. The zero-order chi connectivity index (χ0) is 24.3. The third kappa shape index (κ3) is 5.90. The summed E-state index contributed by atoms with van der Waals surface area (Å²) in [6.45, 7) is 4.33. The summed E-state index contributed by atoms with van der Waals surface area (Å²) in [7, 11) is -4.43. The van der Waals surface area contributed by atoms with Crippen molar-refractivity contribution in [2.75, 3.05) is 18.9 Å². The number of nitrogen functional groups attached to an aromatic ring is 1. The van der Waals surface area contributed by atoms with Gasteiger partial charge in [0, 0.05) is 23.4 Å². The Balaban J connectivity index is 1.42. The predicted molar refractivity (Wildman–Crippen MR) is 133 cm³/mol. The van der Waals surface area contributed by atoms with Crippen LogP contribution < -0.4 is 10.5 Å². The van der Waals surface area contributed by atoms with Crippen molar-refractivity contribution in [3.63, 3.8) is 0 Å². The molecule has 0 aliphatic carbocycles. The molecule has 0 bridgehead atoms. The van der Waals surface area contributed by atoms with Crippen LogP contribution in [0.25, 0.3) is 21.8 Å². The zero-order valence-electron chi connectivity index (χ0n) is 19.2. The molecule has 0 amide bonds. The zero-order valence-corrected chi connectivity index (χ0v) is 20.1. The molecular weight excluding hydrogens is 453 g/mol. The van der Waals surface area contributed by atoms with E-state index in [-0.39, 0.29) is 6.61 Å². The van der Waals surface area contributed by atoms with Crippen molar-refractivity contribution in [2.24, 2.45) is 0 Å². The fraction of sp³-hybridized carbons (Fsp3) is 0.280. The van der Waals surface area contributed by atoms with Crippen LogP contribution in [0.2, 0.25) is 0 Å². The molecule has 0 saturated heterocycles. The predicted octanol–water partition coefficient (Wildman–Crippen LogP) is 4.65. The van der Waals surface area contributed by atoms with Crippen LogP contribution in [-0.4, -0.2) is 33.0 Å². The van der Waals surface area contributed by atoms with Crippen molar-refractivity contribution in [3.8, 4) is 5.75 Å². The van der Waals surface area contributed by atoms with Crippen LogP contribution in [0, 0.1) is 13.8 Å². The van der Waals surface area contributed by atoms with E-state index in [4.69, 9.17) is 20.3 Å². The summed E-state index contributed by atoms with van der Waals surface area (Å²) in [5, 5.41) is 2.07. The molecule has 178 valence electrons. The highest BCUT2D eigenvalue weighted by molar-refractivity contribution is 7.46. The van der Waals surface area contributed by atoms with Gasteiger partial charge in [0.15, 0.2) is 5.82 Å². The molecule has 4 rings (SSSR count). The van der Waals surface area contributed by atoms with Gasteiger partial charge < -0.3 is 20.3 Å². The van der Waals surface area contributed by atoms with Crippen molar-refractivity contribution in [2.45, 2.75) is 33.1 Å². The van der Waals surface area contributed by atoms with E-state index in [1.54, 1.807) is 0 Å². The molecule has 34 heavy (non-hydrogen) atoms. The van der Waals surface area contributed by atoms with Gasteiger partial charge in [-0.15, -0.1) is 0 Å². The van der Waals surface area contributed by atoms with E-state index in [9.17, 15) is 4.57 Å². The number of aryl methyl sites for hydroxylation is 4. The van der Waals surface area contributed by atoms with Crippen LogP contribution in [0.5, 0.6) is 5.75 Å². The van der Waals surface area contributed by atoms with E-state index in [2.05, 4.69) is 32.7 Å². The van der Waals surface area contributed by atoms with Crippen LogP contribution in [0.1, 0.15) is 28.7 Å². The van der Waals surface area contributed by atoms with E-state index in [0.29, 0.717) is 18.8 Å². The molecule has 0 fully saturated rings. The van der Waals surface area contributed by atoms with Crippen molar-refractivity contribution in [1.82, 2.24) is 9.97 Å². The summed E-state index contributed by atoms with van der Waals surface area (Å²) < 4.78 is 20.8. The van der Waals surface area contributed by atoms with Gasteiger partial charge in [0.1, 0.15) is 11.3 Å². The maximum absolute atomic E-state index is 10.7. The second-order valence-corrected chi connectivity index (χ2v) is 9.61. The Morgan fingerprint density at radius 2 is 1.82 bits per heavy atom. The van der Waals surface area contributed by atoms with Gasteiger partial charge >= 0.3 is 7.82 Å². The third-order valence-electron chi connectivity index (χ3n) is 5.69. The highest BCUT2D eigenvalue weighted by atomic mass is 31.2. The SMILES string of the molecule is Cc1ccc2c(c1)nc(N)c1ncc(CCc3ccc(OCCCOP(=O)(O)O)cc3C)cc12. The van der Waals surface area contributed by atoms with Gasteiger partial charge in [-0.25, -0.2) is 9.55 Å². The lowest BCUT2D eigenvalue weighted by molar-refractivity contribution is 0.180. The van der Waals surface area contributed by atoms with E-state index < -0.39 is 7.82 Å². The number of benzene rings is 2. The van der Waals surface area contributed by atoms with Crippen molar-refractivity contribution >= 4 is 35.4 Å². The minimum absolute atomic E-state index is 0.0578. The normalized spacial score (nSPS) is 11.9. The number of aromatic nitrogens is 2. The van der Waals surface area contributed by atoms with Gasteiger partial charge in [-0.2, -0.15) is 0 Å². The molecule has 0 atom stereocenters. The van der Waals surface area contributed by atoms with Crippen LogP contribution in [0.3, 0.4) is 0 Å². The number of hydrogen-bond acceptors (Lipinski definition) is 6. The Labute approximate surface area is 198 Å². The first-order chi connectivity index (χ1) is 16.2. The summed E-state index contributed by atoms with van der Waals surface area (Å²) in [6, 6.07) is 14.3. The molecule has 0 spiro atoms. The number of ether oxygens (including phenoxy) is 1. The molecule has 9 heteroatoms. The fourth-order valence-corrected chi connectivity index (χ4v) is 4.32. The molecule has 2 heterocycles. The second kappa shape index (κ2) is 10.1. The summed E-state index contributed by atoms with van der Waals surface area (Å²) in [5.74, 6) is 1.16. The highest BCUT2D eigenvalue weighted by Crippen LogP contribution is 2.35. The monoisotopic (exact) mass is 481 g/mol. The molecule has 0 saturated carbocycles. The van der Waals surface area contributed by atoms with Gasteiger partial charge in [-0.1, -0.05) is 18.2 Å². The minimum atomic E-state index is -4.43. The summed E-state index contributed by atoms with van der Waals surface area (Å²) in [5.41, 5.74) is 12.4. The first-order valence-electron chi connectivity index (χ1n) is 11.1. The Morgan fingerprint density at radius 3 is 2.59 bits per heavy atom. The van der Waals surface area contributed by atoms with Gasteiger partial charge in [0.25, 0.3) is 0 Å². The Hall–Kier alpha value is -3.03. The largest absolute Gasteiger partial charge is 0.493 e. The number of pyridine rings is 2. The van der Waals surface area contributed by atoms with Crippen molar-refractivity contribution in [3.05, 3.63) is 70.9 Å². The van der Waals surface area contributed by atoms with Crippen LogP contribution in [0.15, 0.2) is 48.7 Å². The first-order valence-corrected chi connectivity index (χ1v) is 12.6. The standard InChI is InChI=1S/C25H28N3O5P/c1-16-4-9-21-22-14-18(15-27-24(22)25(26)28-23(21)12-16)5-6-19-7-8-20(13-17(19)2)32-10-3-11-33-34(29,30)31/h4,7-9,12-15H,3,5-6,10-11H2,1-2H3,(H2,26,28)(H2,29,30,31). The Kier molecular flexibility index (Phi) is 7.14. The molecule has 4 N–H and O–H groups in total. The van der Waals surface area contributed by atoms with Gasteiger partial charge in [-0.3, -0.25) is 9.51 Å². The van der Waals surface area contributed by atoms with Gasteiger partial charge in [0.2, 0.25) is 0 Å². The average molecular weight is 481 g/mol. The van der Waals surface area contributed by atoms with E-state index in [1.165, 1.54) is 5.56 Å². The lowest BCUT2D eigenvalue weighted by atomic mass is 9.99. The van der Waals surface area contributed by atoms with E-state index in [0.717, 1.165) is 57.1 Å². The van der Waals surface area contributed by atoms with Gasteiger partial charge in [0.05, 0.1) is 18.7 Å². The van der Waals surface area contributed by atoms with Crippen molar-refractivity contribution in [1.29, 1.82) is 0 Å². The first kappa shape index (κ1) is 24.1. The van der Waals surface area contributed by atoms with Crippen LogP contribution >= 0.6 is 7.82 Å². The summed E-state index contributed by atoms with van der Waals surface area (Å²) >= 11 is 0. The quantitative estimate of drug-likeness (QED) is 0.179.